The van der Waals surface area contributed by atoms with E-state index in [0.29, 0.717) is 18.8 Å². The van der Waals surface area contributed by atoms with Crippen molar-refractivity contribution < 1.29 is 14.6 Å². The van der Waals surface area contributed by atoms with E-state index in [9.17, 15) is 9.90 Å². The number of nitrogens with one attached hydrogen (secondary N) is 1. The number of aliphatic hydroxyl groups excluding tert-OH is 1. The van der Waals surface area contributed by atoms with Crippen molar-refractivity contribution in [3.63, 3.8) is 0 Å². The standard InChI is InChI=1S/C17H20N2O3S/c1-2-22-13-5-3-12(4-6-13)16-19-14(9-23-16)15(21)18-10-17(11-20)7-8-17/h3-6,9,20H,2,7-8,10-11H2,1H3,(H,18,21). The number of aromatic nitrogens is 1. The molecule has 1 aromatic heterocycles. The first-order valence-electron chi connectivity index (χ1n) is 7.74. The molecule has 1 saturated carbocycles. The average Bonchev–Trinajstić information content (AvgIpc) is 3.20. The Morgan fingerprint density at radius 3 is 2.74 bits per heavy atom. The van der Waals surface area contributed by atoms with Gasteiger partial charge in [-0.25, -0.2) is 4.98 Å². The molecule has 0 unspecified atom stereocenters. The van der Waals surface area contributed by atoms with Gasteiger partial charge in [-0.2, -0.15) is 0 Å². The van der Waals surface area contributed by atoms with Crippen molar-refractivity contribution in [1.82, 2.24) is 10.3 Å². The summed E-state index contributed by atoms with van der Waals surface area (Å²) in [6.07, 6.45) is 1.94. The predicted molar refractivity (Wildman–Crippen MR) is 89.8 cm³/mol. The van der Waals surface area contributed by atoms with Crippen LogP contribution in [0.2, 0.25) is 0 Å². The van der Waals surface area contributed by atoms with Gasteiger partial charge >= 0.3 is 0 Å². The summed E-state index contributed by atoms with van der Waals surface area (Å²) >= 11 is 1.44. The summed E-state index contributed by atoms with van der Waals surface area (Å²) < 4.78 is 5.42. The summed E-state index contributed by atoms with van der Waals surface area (Å²) in [7, 11) is 0. The van der Waals surface area contributed by atoms with Crippen molar-refractivity contribution in [2.75, 3.05) is 19.8 Å². The molecule has 122 valence electrons. The van der Waals surface area contributed by atoms with E-state index < -0.39 is 0 Å². The molecule has 3 rings (SSSR count). The van der Waals surface area contributed by atoms with Crippen LogP contribution in [-0.2, 0) is 0 Å². The number of hydrogen-bond donors (Lipinski definition) is 2. The van der Waals surface area contributed by atoms with Gasteiger partial charge in [0.25, 0.3) is 5.91 Å². The predicted octanol–water partition coefficient (Wildman–Crippen LogP) is 2.71. The molecule has 1 amide bonds. The van der Waals surface area contributed by atoms with E-state index in [1.165, 1.54) is 11.3 Å². The van der Waals surface area contributed by atoms with E-state index in [4.69, 9.17) is 4.74 Å². The zero-order chi connectivity index (χ0) is 16.3. The third kappa shape index (κ3) is 3.71. The largest absolute Gasteiger partial charge is 0.494 e. The van der Waals surface area contributed by atoms with Gasteiger partial charge in [-0.15, -0.1) is 11.3 Å². The van der Waals surface area contributed by atoms with Gasteiger partial charge in [-0.1, -0.05) is 0 Å². The number of nitrogens with zero attached hydrogens (tertiary/aromatic N) is 1. The molecule has 0 saturated heterocycles. The van der Waals surface area contributed by atoms with E-state index in [0.717, 1.165) is 29.2 Å². The molecule has 0 atom stereocenters. The van der Waals surface area contributed by atoms with E-state index >= 15 is 0 Å². The summed E-state index contributed by atoms with van der Waals surface area (Å²) in [6, 6.07) is 7.68. The molecule has 1 fully saturated rings. The van der Waals surface area contributed by atoms with Crippen molar-refractivity contribution in [2.24, 2.45) is 5.41 Å². The highest BCUT2D eigenvalue weighted by Crippen LogP contribution is 2.44. The Balaban J connectivity index is 1.64. The molecule has 6 heteroatoms. The summed E-state index contributed by atoms with van der Waals surface area (Å²) in [4.78, 5) is 16.6. The number of thiazole rings is 1. The van der Waals surface area contributed by atoms with Crippen molar-refractivity contribution in [1.29, 1.82) is 0 Å². The molecular weight excluding hydrogens is 312 g/mol. The van der Waals surface area contributed by atoms with Crippen LogP contribution in [0.25, 0.3) is 10.6 Å². The first-order valence-corrected chi connectivity index (χ1v) is 8.61. The number of ether oxygens (including phenoxy) is 1. The van der Waals surface area contributed by atoms with E-state index in [2.05, 4.69) is 10.3 Å². The Hall–Kier alpha value is -1.92. The molecule has 0 radical (unpaired) electrons. The number of rotatable bonds is 7. The minimum absolute atomic E-state index is 0.0936. The Labute approximate surface area is 139 Å². The Kier molecular flexibility index (Phi) is 4.63. The van der Waals surface area contributed by atoms with Crippen LogP contribution in [0.15, 0.2) is 29.6 Å². The van der Waals surface area contributed by atoms with Crippen LogP contribution in [0.4, 0.5) is 0 Å². The van der Waals surface area contributed by atoms with Crippen molar-refractivity contribution >= 4 is 17.2 Å². The average molecular weight is 332 g/mol. The quantitative estimate of drug-likeness (QED) is 0.818. The number of carbonyl (C=O) groups excluding carboxylic acids is 1. The highest BCUT2D eigenvalue weighted by Gasteiger charge is 2.42. The smallest absolute Gasteiger partial charge is 0.270 e. The van der Waals surface area contributed by atoms with Crippen LogP contribution in [0, 0.1) is 5.41 Å². The topological polar surface area (TPSA) is 71.5 Å². The molecular formula is C17H20N2O3S. The number of carbonyl (C=O) groups is 1. The summed E-state index contributed by atoms with van der Waals surface area (Å²) in [5.74, 6) is 0.641. The lowest BCUT2D eigenvalue weighted by Gasteiger charge is -2.11. The fourth-order valence-electron chi connectivity index (χ4n) is 2.30. The van der Waals surface area contributed by atoms with Crippen molar-refractivity contribution in [2.45, 2.75) is 19.8 Å². The Morgan fingerprint density at radius 2 is 2.13 bits per heavy atom. The molecule has 1 heterocycles. The normalized spacial score (nSPS) is 15.2. The molecule has 2 N–H and O–H groups in total. The monoisotopic (exact) mass is 332 g/mol. The zero-order valence-electron chi connectivity index (χ0n) is 13.0. The van der Waals surface area contributed by atoms with Crippen LogP contribution in [0.3, 0.4) is 0 Å². The Morgan fingerprint density at radius 1 is 1.39 bits per heavy atom. The van der Waals surface area contributed by atoms with Gasteiger partial charge in [0.15, 0.2) is 0 Å². The van der Waals surface area contributed by atoms with Gasteiger partial charge in [-0.3, -0.25) is 4.79 Å². The first kappa shape index (κ1) is 16.0. The van der Waals surface area contributed by atoms with Gasteiger partial charge in [0.05, 0.1) is 13.2 Å². The molecule has 1 aliphatic carbocycles. The maximum absolute atomic E-state index is 12.2. The Bertz CT molecular complexity index is 677. The van der Waals surface area contributed by atoms with Crippen LogP contribution >= 0.6 is 11.3 Å². The lowest BCUT2D eigenvalue weighted by atomic mass is 10.1. The zero-order valence-corrected chi connectivity index (χ0v) is 13.9. The fraction of sp³-hybridized carbons (Fsp3) is 0.412. The van der Waals surface area contributed by atoms with E-state index in [1.54, 1.807) is 5.38 Å². The number of aliphatic hydroxyl groups is 1. The number of amides is 1. The lowest BCUT2D eigenvalue weighted by molar-refractivity contribution is 0.0931. The summed E-state index contributed by atoms with van der Waals surface area (Å²) in [6.45, 7) is 3.22. The summed E-state index contributed by atoms with van der Waals surface area (Å²) in [5.41, 5.74) is 1.29. The second-order valence-corrected chi connectivity index (χ2v) is 6.69. The van der Waals surface area contributed by atoms with Crippen LogP contribution in [-0.4, -0.2) is 35.8 Å². The maximum atomic E-state index is 12.2. The molecule has 0 aliphatic heterocycles. The lowest BCUT2D eigenvalue weighted by Crippen LogP contribution is -2.32. The van der Waals surface area contributed by atoms with E-state index in [1.807, 2.05) is 31.2 Å². The third-order valence-electron chi connectivity index (χ3n) is 4.07. The second kappa shape index (κ2) is 6.68. The van der Waals surface area contributed by atoms with Crippen LogP contribution in [0.5, 0.6) is 5.75 Å². The first-order chi connectivity index (χ1) is 11.2. The third-order valence-corrected chi connectivity index (χ3v) is 4.96. The molecule has 0 spiro atoms. The highest BCUT2D eigenvalue weighted by molar-refractivity contribution is 7.13. The van der Waals surface area contributed by atoms with Crippen LogP contribution < -0.4 is 10.1 Å². The van der Waals surface area contributed by atoms with Crippen molar-refractivity contribution in [3.8, 4) is 16.3 Å². The minimum Gasteiger partial charge on any atom is -0.494 e. The van der Waals surface area contributed by atoms with Gasteiger partial charge in [0.2, 0.25) is 0 Å². The fourth-order valence-corrected chi connectivity index (χ4v) is 3.10. The highest BCUT2D eigenvalue weighted by atomic mass is 32.1. The molecule has 2 aromatic rings. The number of benzene rings is 1. The maximum Gasteiger partial charge on any atom is 0.270 e. The molecule has 0 bridgehead atoms. The van der Waals surface area contributed by atoms with Gasteiger partial charge in [0, 0.05) is 22.9 Å². The molecule has 5 nitrogen and oxygen atoms in total. The molecule has 1 aromatic carbocycles. The van der Waals surface area contributed by atoms with Gasteiger partial charge in [0.1, 0.15) is 16.5 Å². The van der Waals surface area contributed by atoms with Crippen molar-refractivity contribution in [3.05, 3.63) is 35.3 Å². The van der Waals surface area contributed by atoms with Crippen LogP contribution in [0.1, 0.15) is 30.3 Å². The summed E-state index contributed by atoms with van der Waals surface area (Å²) in [5, 5.41) is 14.7. The van der Waals surface area contributed by atoms with Gasteiger partial charge in [-0.05, 0) is 44.0 Å². The van der Waals surface area contributed by atoms with Gasteiger partial charge < -0.3 is 15.2 Å². The molecule has 1 aliphatic rings. The minimum atomic E-state index is -0.182. The van der Waals surface area contributed by atoms with E-state index in [-0.39, 0.29) is 17.9 Å². The SMILES string of the molecule is CCOc1ccc(-c2nc(C(=O)NCC3(CO)CC3)cs2)cc1. The number of hydrogen-bond acceptors (Lipinski definition) is 5. The second-order valence-electron chi connectivity index (χ2n) is 5.84. The molecule has 23 heavy (non-hydrogen) atoms.